The molecule has 1 fully saturated rings. The number of pyridine rings is 1. The number of hydrogen-bond donors (Lipinski definition) is 1. The van der Waals surface area contributed by atoms with Crippen LogP contribution in [0.15, 0.2) is 12.1 Å². The number of nitrogens with two attached hydrogens (primary N) is 1. The summed E-state index contributed by atoms with van der Waals surface area (Å²) >= 11 is 0. The SMILES string of the molecule is CCC1CCCN1c1cc(CN)cc(C(C)C)n1. The highest BCUT2D eigenvalue weighted by atomic mass is 15.2. The smallest absolute Gasteiger partial charge is 0.129 e. The molecular weight excluding hydrogens is 222 g/mol. The van der Waals surface area contributed by atoms with Crippen molar-refractivity contribution in [2.75, 3.05) is 11.4 Å². The van der Waals surface area contributed by atoms with E-state index in [0.29, 0.717) is 18.5 Å². The highest BCUT2D eigenvalue weighted by Crippen LogP contribution is 2.28. The summed E-state index contributed by atoms with van der Waals surface area (Å²) in [5, 5.41) is 0. The summed E-state index contributed by atoms with van der Waals surface area (Å²) in [6, 6.07) is 4.97. The second-order valence-electron chi connectivity index (χ2n) is 5.51. The highest BCUT2D eigenvalue weighted by Gasteiger charge is 2.24. The number of hydrogen-bond acceptors (Lipinski definition) is 3. The van der Waals surface area contributed by atoms with Crippen molar-refractivity contribution in [2.24, 2.45) is 5.73 Å². The van der Waals surface area contributed by atoms with Crippen LogP contribution >= 0.6 is 0 Å². The third-order valence-corrected chi connectivity index (χ3v) is 3.86. The Morgan fingerprint density at radius 3 is 2.83 bits per heavy atom. The van der Waals surface area contributed by atoms with Crippen molar-refractivity contribution in [3.63, 3.8) is 0 Å². The average Bonchev–Trinajstić information content (AvgIpc) is 2.86. The van der Waals surface area contributed by atoms with Gasteiger partial charge in [0, 0.05) is 24.8 Å². The minimum atomic E-state index is 0.456. The maximum atomic E-state index is 5.81. The molecule has 2 rings (SSSR count). The fourth-order valence-corrected chi connectivity index (χ4v) is 2.72. The Bertz CT molecular complexity index is 401. The summed E-state index contributed by atoms with van der Waals surface area (Å²) in [5.41, 5.74) is 8.17. The van der Waals surface area contributed by atoms with Crippen molar-refractivity contribution in [1.29, 1.82) is 0 Å². The monoisotopic (exact) mass is 247 g/mol. The molecular formula is C15H25N3. The Balaban J connectivity index is 2.34. The van der Waals surface area contributed by atoms with Crippen LogP contribution in [0.4, 0.5) is 5.82 Å². The molecule has 1 aliphatic rings. The quantitative estimate of drug-likeness (QED) is 0.889. The van der Waals surface area contributed by atoms with E-state index < -0.39 is 0 Å². The molecule has 3 heteroatoms. The first-order valence-corrected chi connectivity index (χ1v) is 7.13. The molecule has 0 aliphatic carbocycles. The van der Waals surface area contributed by atoms with Gasteiger partial charge in [-0.15, -0.1) is 0 Å². The summed E-state index contributed by atoms with van der Waals surface area (Å²) in [5.74, 6) is 1.59. The summed E-state index contributed by atoms with van der Waals surface area (Å²) < 4.78 is 0. The topological polar surface area (TPSA) is 42.1 Å². The van der Waals surface area contributed by atoms with Gasteiger partial charge in [0.05, 0.1) is 0 Å². The van der Waals surface area contributed by atoms with Gasteiger partial charge >= 0.3 is 0 Å². The number of nitrogens with zero attached hydrogens (tertiary/aromatic N) is 2. The third-order valence-electron chi connectivity index (χ3n) is 3.86. The Hall–Kier alpha value is -1.09. The molecule has 2 N–H and O–H groups in total. The van der Waals surface area contributed by atoms with Gasteiger partial charge in [-0.2, -0.15) is 0 Å². The molecule has 1 saturated heterocycles. The predicted octanol–water partition coefficient (Wildman–Crippen LogP) is 3.04. The summed E-state index contributed by atoms with van der Waals surface area (Å²) in [6.45, 7) is 8.37. The summed E-state index contributed by atoms with van der Waals surface area (Å²) in [7, 11) is 0. The molecule has 1 atom stereocenters. The standard InChI is InChI=1S/C15H25N3/c1-4-13-6-5-7-18(13)15-9-12(10-16)8-14(17-15)11(2)3/h8-9,11,13H,4-7,10,16H2,1-3H3. The zero-order chi connectivity index (χ0) is 13.1. The van der Waals surface area contributed by atoms with Gasteiger partial charge < -0.3 is 10.6 Å². The normalized spacial score (nSPS) is 19.8. The third kappa shape index (κ3) is 2.66. The zero-order valence-electron chi connectivity index (χ0n) is 11.8. The van der Waals surface area contributed by atoms with Crippen molar-refractivity contribution >= 4 is 5.82 Å². The van der Waals surface area contributed by atoms with Crippen LogP contribution in [0.2, 0.25) is 0 Å². The second-order valence-corrected chi connectivity index (χ2v) is 5.51. The van der Waals surface area contributed by atoms with E-state index >= 15 is 0 Å². The van der Waals surface area contributed by atoms with Crippen LogP contribution in [-0.4, -0.2) is 17.6 Å². The molecule has 2 heterocycles. The molecule has 1 aliphatic heterocycles. The summed E-state index contributed by atoms with van der Waals surface area (Å²) in [6.07, 6.45) is 3.78. The van der Waals surface area contributed by atoms with Crippen molar-refractivity contribution in [1.82, 2.24) is 4.98 Å². The van der Waals surface area contributed by atoms with Gasteiger partial charge in [-0.05, 0) is 42.9 Å². The van der Waals surface area contributed by atoms with Gasteiger partial charge in [-0.25, -0.2) is 4.98 Å². The van der Waals surface area contributed by atoms with Crippen LogP contribution in [0, 0.1) is 0 Å². The average molecular weight is 247 g/mol. The first-order chi connectivity index (χ1) is 8.65. The zero-order valence-corrected chi connectivity index (χ0v) is 11.8. The van der Waals surface area contributed by atoms with Crippen LogP contribution < -0.4 is 10.6 Å². The van der Waals surface area contributed by atoms with Crippen LogP contribution in [-0.2, 0) is 6.54 Å². The van der Waals surface area contributed by atoms with Crippen molar-refractivity contribution in [2.45, 2.75) is 58.5 Å². The van der Waals surface area contributed by atoms with E-state index in [-0.39, 0.29) is 0 Å². The molecule has 0 aromatic carbocycles. The van der Waals surface area contributed by atoms with Crippen LogP contribution in [0.25, 0.3) is 0 Å². The molecule has 0 radical (unpaired) electrons. The van der Waals surface area contributed by atoms with Gasteiger partial charge in [0.2, 0.25) is 0 Å². The molecule has 0 amide bonds. The maximum Gasteiger partial charge on any atom is 0.129 e. The number of anilines is 1. The van der Waals surface area contributed by atoms with Crippen molar-refractivity contribution in [3.05, 3.63) is 23.4 Å². The fraction of sp³-hybridized carbons (Fsp3) is 0.667. The Morgan fingerprint density at radius 2 is 2.22 bits per heavy atom. The van der Waals surface area contributed by atoms with Crippen molar-refractivity contribution < 1.29 is 0 Å². The molecule has 3 nitrogen and oxygen atoms in total. The van der Waals surface area contributed by atoms with E-state index in [1.807, 2.05) is 0 Å². The van der Waals surface area contributed by atoms with E-state index in [0.717, 1.165) is 18.1 Å². The van der Waals surface area contributed by atoms with Gasteiger partial charge in [-0.1, -0.05) is 20.8 Å². The Morgan fingerprint density at radius 1 is 1.44 bits per heavy atom. The Kier molecular flexibility index (Phi) is 4.23. The molecule has 0 spiro atoms. The second kappa shape index (κ2) is 5.70. The van der Waals surface area contributed by atoms with E-state index in [1.165, 1.54) is 24.8 Å². The molecule has 1 unspecified atom stereocenters. The van der Waals surface area contributed by atoms with E-state index in [9.17, 15) is 0 Å². The molecule has 1 aromatic heterocycles. The minimum Gasteiger partial charge on any atom is -0.354 e. The lowest BCUT2D eigenvalue weighted by atomic mass is 10.1. The van der Waals surface area contributed by atoms with E-state index in [2.05, 4.69) is 37.8 Å². The van der Waals surface area contributed by atoms with Crippen LogP contribution in [0.1, 0.15) is 57.2 Å². The summed E-state index contributed by atoms with van der Waals surface area (Å²) in [4.78, 5) is 7.29. The maximum absolute atomic E-state index is 5.81. The van der Waals surface area contributed by atoms with Gasteiger partial charge in [0.15, 0.2) is 0 Å². The van der Waals surface area contributed by atoms with E-state index in [1.54, 1.807) is 0 Å². The van der Waals surface area contributed by atoms with E-state index in [4.69, 9.17) is 10.7 Å². The van der Waals surface area contributed by atoms with Crippen LogP contribution in [0.5, 0.6) is 0 Å². The largest absolute Gasteiger partial charge is 0.354 e. The van der Waals surface area contributed by atoms with Gasteiger partial charge in [0.1, 0.15) is 5.82 Å². The molecule has 0 bridgehead atoms. The van der Waals surface area contributed by atoms with Gasteiger partial charge in [-0.3, -0.25) is 0 Å². The number of aromatic nitrogens is 1. The predicted molar refractivity (Wildman–Crippen MR) is 76.9 cm³/mol. The minimum absolute atomic E-state index is 0.456. The molecule has 1 aromatic rings. The fourth-order valence-electron chi connectivity index (χ4n) is 2.72. The first-order valence-electron chi connectivity index (χ1n) is 7.13. The molecule has 0 saturated carbocycles. The Labute approximate surface area is 110 Å². The molecule has 18 heavy (non-hydrogen) atoms. The lowest BCUT2D eigenvalue weighted by Gasteiger charge is -2.26. The highest BCUT2D eigenvalue weighted by molar-refractivity contribution is 5.45. The van der Waals surface area contributed by atoms with Crippen LogP contribution in [0.3, 0.4) is 0 Å². The van der Waals surface area contributed by atoms with Gasteiger partial charge in [0.25, 0.3) is 0 Å². The molecule has 100 valence electrons. The number of rotatable bonds is 4. The van der Waals surface area contributed by atoms with Crippen molar-refractivity contribution in [3.8, 4) is 0 Å². The lowest BCUT2D eigenvalue weighted by molar-refractivity contribution is 0.638. The first kappa shape index (κ1) is 13.3. The lowest BCUT2D eigenvalue weighted by Crippen LogP contribution is -2.29.